The minimum Gasteiger partial charge on any atom is -0.493 e. The van der Waals surface area contributed by atoms with E-state index in [4.69, 9.17) is 15.2 Å². The fraction of sp³-hybridized carbons (Fsp3) is 0.286. The van der Waals surface area contributed by atoms with Crippen molar-refractivity contribution in [3.8, 4) is 22.8 Å². The van der Waals surface area contributed by atoms with Crippen molar-refractivity contribution in [3.63, 3.8) is 0 Å². The number of aliphatic hydroxyl groups is 1. The van der Waals surface area contributed by atoms with Gasteiger partial charge in [0.2, 0.25) is 0 Å². The second-order valence-electron chi connectivity index (χ2n) is 4.19. The number of aromatic nitrogens is 2. The summed E-state index contributed by atoms with van der Waals surface area (Å²) in [7, 11) is 3.14. The number of hydrogen-bond acceptors (Lipinski definition) is 6. The predicted octanol–water partition coefficient (Wildman–Crippen LogP) is 1.54. The van der Waals surface area contributed by atoms with Crippen LogP contribution in [-0.2, 0) is 6.61 Å². The van der Waals surface area contributed by atoms with Gasteiger partial charge in [0.05, 0.1) is 32.2 Å². The highest BCUT2D eigenvalue weighted by Crippen LogP contribution is 2.38. The van der Waals surface area contributed by atoms with Gasteiger partial charge in [-0.3, -0.25) is 0 Å². The summed E-state index contributed by atoms with van der Waals surface area (Å²) in [4.78, 5) is 8.58. The van der Waals surface area contributed by atoms with Crippen molar-refractivity contribution in [3.05, 3.63) is 29.6 Å². The molecule has 0 radical (unpaired) electrons. The third-order valence-corrected chi connectivity index (χ3v) is 2.98. The molecule has 0 aliphatic rings. The number of benzene rings is 1. The van der Waals surface area contributed by atoms with Crippen LogP contribution in [0.2, 0.25) is 0 Å². The molecule has 6 nitrogen and oxygen atoms in total. The number of methoxy groups -OCH3 is 2. The Labute approximate surface area is 117 Å². The molecule has 1 aromatic heterocycles. The van der Waals surface area contributed by atoms with Gasteiger partial charge in [-0.15, -0.1) is 0 Å². The van der Waals surface area contributed by atoms with Gasteiger partial charge in [-0.05, 0) is 19.1 Å². The SMILES string of the molecule is COc1cccc(-c2nc(CO)c(N)nc2C)c1OC. The number of rotatable bonds is 4. The third kappa shape index (κ3) is 2.37. The van der Waals surface area contributed by atoms with Gasteiger partial charge in [-0.1, -0.05) is 6.07 Å². The zero-order valence-corrected chi connectivity index (χ0v) is 11.7. The van der Waals surface area contributed by atoms with Gasteiger partial charge in [0.1, 0.15) is 11.5 Å². The van der Waals surface area contributed by atoms with Crippen molar-refractivity contribution >= 4 is 5.82 Å². The quantitative estimate of drug-likeness (QED) is 0.879. The molecule has 0 saturated carbocycles. The third-order valence-electron chi connectivity index (χ3n) is 2.98. The Bertz CT molecular complexity index is 629. The second kappa shape index (κ2) is 5.75. The van der Waals surface area contributed by atoms with Crippen LogP contribution >= 0.6 is 0 Å². The summed E-state index contributed by atoms with van der Waals surface area (Å²) >= 11 is 0. The Hall–Kier alpha value is -2.34. The van der Waals surface area contributed by atoms with Crippen molar-refractivity contribution in [2.45, 2.75) is 13.5 Å². The van der Waals surface area contributed by atoms with E-state index in [1.807, 2.05) is 12.1 Å². The fourth-order valence-electron chi connectivity index (χ4n) is 2.02. The molecule has 0 spiro atoms. The molecular weight excluding hydrogens is 258 g/mol. The minimum absolute atomic E-state index is 0.232. The van der Waals surface area contributed by atoms with Crippen LogP contribution in [0.25, 0.3) is 11.3 Å². The Balaban J connectivity index is 2.68. The zero-order valence-electron chi connectivity index (χ0n) is 11.7. The number of hydrogen-bond donors (Lipinski definition) is 2. The Morgan fingerprint density at radius 3 is 2.55 bits per heavy atom. The monoisotopic (exact) mass is 275 g/mol. The molecule has 0 aliphatic carbocycles. The van der Waals surface area contributed by atoms with E-state index in [0.29, 0.717) is 28.6 Å². The van der Waals surface area contributed by atoms with E-state index in [2.05, 4.69) is 9.97 Å². The standard InChI is InChI=1S/C14H17N3O3/c1-8-12(17-10(7-18)14(15)16-8)9-5-4-6-11(19-2)13(9)20-3/h4-6,18H,7H2,1-3H3,(H2,15,16). The van der Waals surface area contributed by atoms with Crippen molar-refractivity contribution in [1.29, 1.82) is 0 Å². The molecule has 0 amide bonds. The van der Waals surface area contributed by atoms with E-state index in [9.17, 15) is 5.11 Å². The second-order valence-corrected chi connectivity index (χ2v) is 4.19. The van der Waals surface area contributed by atoms with Crippen molar-refractivity contribution < 1.29 is 14.6 Å². The van der Waals surface area contributed by atoms with E-state index in [1.165, 1.54) is 0 Å². The first-order valence-corrected chi connectivity index (χ1v) is 6.07. The fourth-order valence-corrected chi connectivity index (χ4v) is 2.02. The predicted molar refractivity (Wildman–Crippen MR) is 75.6 cm³/mol. The summed E-state index contributed by atoms with van der Waals surface area (Å²) in [5, 5.41) is 9.27. The summed E-state index contributed by atoms with van der Waals surface area (Å²) in [5.74, 6) is 1.41. The molecule has 20 heavy (non-hydrogen) atoms. The van der Waals surface area contributed by atoms with Crippen LogP contribution in [0.5, 0.6) is 11.5 Å². The van der Waals surface area contributed by atoms with E-state index in [-0.39, 0.29) is 12.4 Å². The summed E-state index contributed by atoms with van der Waals surface area (Å²) in [5.41, 5.74) is 8.07. The molecule has 0 atom stereocenters. The van der Waals surface area contributed by atoms with Crippen LogP contribution < -0.4 is 15.2 Å². The van der Waals surface area contributed by atoms with E-state index < -0.39 is 0 Å². The molecule has 1 aromatic carbocycles. The molecule has 0 unspecified atom stereocenters. The van der Waals surface area contributed by atoms with E-state index in [1.54, 1.807) is 27.2 Å². The minimum atomic E-state index is -0.265. The lowest BCUT2D eigenvalue weighted by Crippen LogP contribution is -2.06. The lowest BCUT2D eigenvalue weighted by molar-refractivity contribution is 0.277. The first-order valence-electron chi connectivity index (χ1n) is 6.07. The maximum absolute atomic E-state index is 9.27. The van der Waals surface area contributed by atoms with Crippen LogP contribution in [0.3, 0.4) is 0 Å². The van der Waals surface area contributed by atoms with Gasteiger partial charge in [0.25, 0.3) is 0 Å². The van der Waals surface area contributed by atoms with Crippen molar-refractivity contribution in [2.24, 2.45) is 0 Å². The average molecular weight is 275 g/mol. The lowest BCUT2D eigenvalue weighted by Gasteiger charge is -2.14. The summed E-state index contributed by atoms with van der Waals surface area (Å²) < 4.78 is 10.7. The highest BCUT2D eigenvalue weighted by Gasteiger charge is 2.17. The molecule has 0 aliphatic heterocycles. The van der Waals surface area contributed by atoms with Crippen LogP contribution in [0.4, 0.5) is 5.82 Å². The highest BCUT2D eigenvalue weighted by molar-refractivity contribution is 5.73. The molecular formula is C14H17N3O3. The number of ether oxygens (including phenoxy) is 2. The van der Waals surface area contributed by atoms with Crippen LogP contribution in [-0.4, -0.2) is 29.3 Å². The highest BCUT2D eigenvalue weighted by atomic mass is 16.5. The van der Waals surface area contributed by atoms with Crippen LogP contribution in [0.15, 0.2) is 18.2 Å². The Morgan fingerprint density at radius 2 is 1.95 bits per heavy atom. The molecule has 0 saturated heterocycles. The van der Waals surface area contributed by atoms with Crippen molar-refractivity contribution in [2.75, 3.05) is 20.0 Å². The number of nitrogens with two attached hydrogens (primary N) is 1. The summed E-state index contributed by atoms with van der Waals surface area (Å²) in [6.07, 6.45) is 0. The number of nitrogen functional groups attached to an aromatic ring is 1. The molecule has 2 rings (SSSR count). The molecule has 106 valence electrons. The summed E-state index contributed by atoms with van der Waals surface area (Å²) in [6, 6.07) is 5.50. The van der Waals surface area contributed by atoms with Gasteiger partial charge in [0, 0.05) is 5.56 Å². The number of anilines is 1. The molecule has 0 fully saturated rings. The van der Waals surface area contributed by atoms with E-state index in [0.717, 1.165) is 5.56 Å². The van der Waals surface area contributed by atoms with Crippen LogP contribution in [0, 0.1) is 6.92 Å². The van der Waals surface area contributed by atoms with Gasteiger partial charge in [-0.2, -0.15) is 0 Å². The topological polar surface area (TPSA) is 90.5 Å². The number of para-hydroxylation sites is 1. The first-order chi connectivity index (χ1) is 9.62. The lowest BCUT2D eigenvalue weighted by atomic mass is 10.1. The van der Waals surface area contributed by atoms with Crippen molar-refractivity contribution in [1.82, 2.24) is 9.97 Å². The molecule has 6 heteroatoms. The average Bonchev–Trinajstić information content (AvgIpc) is 2.46. The molecule has 2 aromatic rings. The Morgan fingerprint density at radius 1 is 1.20 bits per heavy atom. The first kappa shape index (κ1) is 14.1. The van der Waals surface area contributed by atoms with Gasteiger partial charge < -0.3 is 20.3 Å². The Kier molecular flexibility index (Phi) is 4.05. The van der Waals surface area contributed by atoms with Gasteiger partial charge in [0.15, 0.2) is 11.5 Å². The largest absolute Gasteiger partial charge is 0.493 e. The zero-order chi connectivity index (χ0) is 14.7. The maximum Gasteiger partial charge on any atom is 0.170 e. The smallest absolute Gasteiger partial charge is 0.170 e. The number of aryl methyl sites for hydroxylation is 1. The molecule has 1 heterocycles. The van der Waals surface area contributed by atoms with E-state index >= 15 is 0 Å². The number of nitrogens with zero attached hydrogens (tertiary/aromatic N) is 2. The normalized spacial score (nSPS) is 10.4. The summed E-state index contributed by atoms with van der Waals surface area (Å²) in [6.45, 7) is 1.54. The molecule has 3 N–H and O–H groups in total. The maximum atomic E-state index is 9.27. The van der Waals surface area contributed by atoms with Gasteiger partial charge in [-0.25, -0.2) is 9.97 Å². The molecule has 0 bridgehead atoms. The van der Waals surface area contributed by atoms with Gasteiger partial charge >= 0.3 is 0 Å². The van der Waals surface area contributed by atoms with Crippen LogP contribution in [0.1, 0.15) is 11.4 Å². The number of aliphatic hydroxyl groups excluding tert-OH is 1.